The van der Waals surface area contributed by atoms with E-state index in [9.17, 15) is 9.18 Å². The van der Waals surface area contributed by atoms with Crippen LogP contribution in [0.15, 0.2) is 30.4 Å². The first-order valence-electron chi connectivity index (χ1n) is 7.69. The topological polar surface area (TPSA) is 61.1 Å². The summed E-state index contributed by atoms with van der Waals surface area (Å²) in [6.07, 6.45) is 8.96. The Morgan fingerprint density at radius 1 is 1.36 bits per heavy atom. The van der Waals surface area contributed by atoms with Crippen LogP contribution in [0.3, 0.4) is 0 Å². The minimum atomic E-state index is -0.897. The molecule has 1 fully saturated rings. The average molecular weight is 301 g/mol. The minimum Gasteiger partial charge on any atom is -0.478 e. The van der Waals surface area contributed by atoms with Crippen LogP contribution in [-0.2, 0) is 4.79 Å². The molecule has 0 atom stereocenters. The van der Waals surface area contributed by atoms with Gasteiger partial charge in [0, 0.05) is 6.08 Å². The molecule has 0 amide bonds. The molecule has 0 saturated heterocycles. The maximum Gasteiger partial charge on any atom is 0.327 e. The molecular formula is C18H20FNO2. The van der Waals surface area contributed by atoms with E-state index < -0.39 is 11.8 Å². The van der Waals surface area contributed by atoms with Crippen molar-refractivity contribution in [2.24, 2.45) is 5.92 Å². The minimum absolute atomic E-state index is 0.0997. The molecule has 116 valence electrons. The zero-order valence-corrected chi connectivity index (χ0v) is 12.5. The van der Waals surface area contributed by atoms with E-state index in [1.807, 2.05) is 12.1 Å². The van der Waals surface area contributed by atoms with Crippen molar-refractivity contribution in [1.82, 2.24) is 0 Å². The molecule has 4 heteroatoms. The Balaban J connectivity index is 1.83. The van der Waals surface area contributed by atoms with Crippen LogP contribution in [0.4, 0.5) is 4.39 Å². The molecule has 0 heterocycles. The lowest BCUT2D eigenvalue weighted by Crippen LogP contribution is -2.13. The Hall–Kier alpha value is -2.15. The number of aliphatic carboxylic acids is 1. The quantitative estimate of drug-likeness (QED) is 0.820. The van der Waals surface area contributed by atoms with Gasteiger partial charge >= 0.3 is 5.97 Å². The first-order valence-corrected chi connectivity index (χ1v) is 7.69. The van der Waals surface area contributed by atoms with Crippen LogP contribution in [-0.4, -0.2) is 11.1 Å². The molecule has 0 bridgehead atoms. The normalized spacial score (nSPS) is 21.6. The highest BCUT2D eigenvalue weighted by atomic mass is 19.1. The van der Waals surface area contributed by atoms with Gasteiger partial charge in [0.05, 0.1) is 5.56 Å². The maximum absolute atomic E-state index is 13.7. The summed E-state index contributed by atoms with van der Waals surface area (Å²) in [5.41, 5.74) is 1.09. The van der Waals surface area contributed by atoms with Gasteiger partial charge in [-0.2, -0.15) is 5.26 Å². The fraction of sp³-hybridized carbons (Fsp3) is 0.444. The van der Waals surface area contributed by atoms with E-state index in [-0.39, 0.29) is 5.56 Å². The predicted octanol–water partition coefficient (Wildman–Crippen LogP) is 4.39. The fourth-order valence-electron chi connectivity index (χ4n) is 3.18. The second kappa shape index (κ2) is 7.74. The lowest BCUT2D eigenvalue weighted by molar-refractivity contribution is -0.131. The highest BCUT2D eigenvalue weighted by molar-refractivity contribution is 5.79. The number of carboxylic acid groups (broad SMARTS) is 1. The van der Waals surface area contributed by atoms with Gasteiger partial charge in [0.1, 0.15) is 11.9 Å². The van der Waals surface area contributed by atoms with Gasteiger partial charge in [-0.25, -0.2) is 9.18 Å². The molecule has 0 aliphatic heterocycles. The molecule has 1 aromatic rings. The van der Waals surface area contributed by atoms with Crippen LogP contribution in [0.1, 0.15) is 55.6 Å². The molecule has 1 aromatic carbocycles. The number of carboxylic acids is 1. The number of halogens is 1. The summed E-state index contributed by atoms with van der Waals surface area (Å²) in [4.78, 5) is 10.4. The van der Waals surface area contributed by atoms with E-state index in [1.54, 1.807) is 12.1 Å². The molecule has 0 aromatic heterocycles. The summed E-state index contributed by atoms with van der Waals surface area (Å²) in [7, 11) is 0. The Morgan fingerprint density at radius 3 is 2.68 bits per heavy atom. The summed E-state index contributed by atoms with van der Waals surface area (Å²) < 4.78 is 13.7. The standard InChI is InChI=1S/C18H20FNO2/c19-17-11-15(9-10-16(17)12-20)14-7-5-13(6-8-14)3-1-2-4-18(21)22/h2,4,9-11,13-14H,1,3,5-8H2,(H,21,22)/b4-2+/t13-,14-. The number of nitrogens with zero attached hydrogens (tertiary/aromatic N) is 1. The van der Waals surface area contributed by atoms with E-state index in [2.05, 4.69) is 0 Å². The molecule has 1 aliphatic carbocycles. The Morgan fingerprint density at radius 2 is 2.09 bits per heavy atom. The van der Waals surface area contributed by atoms with Crippen LogP contribution >= 0.6 is 0 Å². The monoisotopic (exact) mass is 301 g/mol. The van der Waals surface area contributed by atoms with Gasteiger partial charge in [0.15, 0.2) is 0 Å². The molecule has 1 aliphatic rings. The zero-order valence-electron chi connectivity index (χ0n) is 12.5. The van der Waals surface area contributed by atoms with Gasteiger partial charge in [-0.15, -0.1) is 0 Å². The van der Waals surface area contributed by atoms with Gasteiger partial charge in [-0.1, -0.05) is 12.1 Å². The number of allylic oxidation sites excluding steroid dienone is 1. The van der Waals surface area contributed by atoms with Crippen molar-refractivity contribution >= 4 is 5.97 Å². The van der Waals surface area contributed by atoms with Gasteiger partial charge in [0.2, 0.25) is 0 Å². The number of carbonyl (C=O) groups is 1. The third-order valence-corrected chi connectivity index (χ3v) is 4.43. The molecule has 0 spiro atoms. The van der Waals surface area contributed by atoms with Gasteiger partial charge in [-0.05, 0) is 68.1 Å². The van der Waals surface area contributed by atoms with Crippen LogP contribution in [0.2, 0.25) is 0 Å². The van der Waals surface area contributed by atoms with Gasteiger partial charge in [-0.3, -0.25) is 0 Å². The molecule has 0 unspecified atom stereocenters. The van der Waals surface area contributed by atoms with Crippen molar-refractivity contribution in [3.05, 3.63) is 47.3 Å². The van der Waals surface area contributed by atoms with E-state index in [1.165, 1.54) is 12.1 Å². The third kappa shape index (κ3) is 4.42. The maximum atomic E-state index is 13.7. The smallest absolute Gasteiger partial charge is 0.327 e. The number of benzene rings is 1. The number of hydrogen-bond acceptors (Lipinski definition) is 2. The lowest BCUT2D eigenvalue weighted by atomic mass is 9.77. The summed E-state index contributed by atoms with van der Waals surface area (Å²) in [6, 6.07) is 6.77. The molecule has 0 radical (unpaired) electrons. The molecular weight excluding hydrogens is 281 g/mol. The van der Waals surface area contributed by atoms with E-state index in [0.717, 1.165) is 44.1 Å². The summed E-state index contributed by atoms with van der Waals surface area (Å²) >= 11 is 0. The first-order chi connectivity index (χ1) is 10.6. The summed E-state index contributed by atoms with van der Waals surface area (Å²) in [5, 5.41) is 17.3. The van der Waals surface area contributed by atoms with E-state index in [0.29, 0.717) is 11.8 Å². The lowest BCUT2D eigenvalue weighted by Gasteiger charge is -2.28. The SMILES string of the molecule is N#Cc1ccc([C@H]2CC[C@H](CC/C=C/C(=O)O)CC2)cc1F. The predicted molar refractivity (Wildman–Crippen MR) is 81.8 cm³/mol. The molecule has 3 nitrogen and oxygen atoms in total. The molecule has 2 rings (SSSR count). The number of nitriles is 1. The van der Waals surface area contributed by atoms with Crippen molar-refractivity contribution in [2.45, 2.75) is 44.4 Å². The summed E-state index contributed by atoms with van der Waals surface area (Å²) in [6.45, 7) is 0. The zero-order chi connectivity index (χ0) is 15.9. The Labute approximate surface area is 130 Å². The van der Waals surface area contributed by atoms with Crippen LogP contribution in [0.25, 0.3) is 0 Å². The fourth-order valence-corrected chi connectivity index (χ4v) is 3.18. The van der Waals surface area contributed by atoms with Crippen molar-refractivity contribution in [3.63, 3.8) is 0 Å². The third-order valence-electron chi connectivity index (χ3n) is 4.43. The number of rotatable bonds is 5. The average Bonchev–Trinajstić information content (AvgIpc) is 2.52. The highest BCUT2D eigenvalue weighted by Gasteiger charge is 2.22. The Bertz CT molecular complexity index is 596. The second-order valence-corrected chi connectivity index (χ2v) is 5.89. The van der Waals surface area contributed by atoms with Crippen molar-refractivity contribution in [3.8, 4) is 6.07 Å². The van der Waals surface area contributed by atoms with Crippen LogP contribution in [0.5, 0.6) is 0 Å². The highest BCUT2D eigenvalue weighted by Crippen LogP contribution is 2.37. The van der Waals surface area contributed by atoms with Crippen molar-refractivity contribution in [2.75, 3.05) is 0 Å². The summed E-state index contributed by atoms with van der Waals surface area (Å²) in [5.74, 6) is -0.335. The molecule has 1 N–H and O–H groups in total. The van der Waals surface area contributed by atoms with E-state index in [4.69, 9.17) is 10.4 Å². The van der Waals surface area contributed by atoms with Gasteiger partial charge < -0.3 is 5.11 Å². The van der Waals surface area contributed by atoms with Crippen LogP contribution in [0, 0.1) is 23.1 Å². The Kier molecular flexibility index (Phi) is 5.71. The van der Waals surface area contributed by atoms with Crippen LogP contribution < -0.4 is 0 Å². The largest absolute Gasteiger partial charge is 0.478 e. The number of hydrogen-bond donors (Lipinski definition) is 1. The van der Waals surface area contributed by atoms with E-state index >= 15 is 0 Å². The first kappa shape index (κ1) is 16.2. The molecule has 22 heavy (non-hydrogen) atoms. The molecule has 1 saturated carbocycles. The van der Waals surface area contributed by atoms with Crippen molar-refractivity contribution < 1.29 is 14.3 Å². The second-order valence-electron chi connectivity index (χ2n) is 5.89. The van der Waals surface area contributed by atoms with Crippen molar-refractivity contribution in [1.29, 1.82) is 5.26 Å². The van der Waals surface area contributed by atoms with Gasteiger partial charge in [0.25, 0.3) is 0 Å².